The van der Waals surface area contributed by atoms with E-state index >= 15 is 0 Å². The number of nitrogens with one attached hydrogen (secondary N) is 1. The summed E-state index contributed by atoms with van der Waals surface area (Å²) in [4.78, 5) is 21.8. The van der Waals surface area contributed by atoms with Crippen molar-refractivity contribution >= 4 is 11.9 Å². The van der Waals surface area contributed by atoms with E-state index in [1.54, 1.807) is 24.3 Å². The Bertz CT molecular complexity index is 423. The van der Waals surface area contributed by atoms with Crippen molar-refractivity contribution in [2.45, 2.75) is 6.42 Å². The largest absolute Gasteiger partial charge is 0.416 e. The summed E-state index contributed by atoms with van der Waals surface area (Å²) < 4.78 is 4.95. The molecule has 4 heteroatoms. The maximum absolute atomic E-state index is 11.2. The van der Waals surface area contributed by atoms with Crippen LogP contribution in [0.4, 0.5) is 4.79 Å². The van der Waals surface area contributed by atoms with E-state index in [0.29, 0.717) is 11.4 Å². The van der Waals surface area contributed by atoms with Gasteiger partial charge >= 0.3 is 6.09 Å². The molecule has 1 aliphatic rings. The fourth-order valence-corrected chi connectivity index (χ4v) is 1.19. The highest BCUT2D eigenvalue weighted by Gasteiger charge is 2.17. The van der Waals surface area contributed by atoms with Crippen LogP contribution in [-0.2, 0) is 4.79 Å². The van der Waals surface area contributed by atoms with Crippen LogP contribution >= 0.6 is 0 Å². The first-order valence-corrected chi connectivity index (χ1v) is 4.51. The molecule has 15 heavy (non-hydrogen) atoms. The number of para-hydroxylation sites is 1. The first-order chi connectivity index (χ1) is 7.24. The molecule has 0 aliphatic heterocycles. The van der Waals surface area contributed by atoms with Crippen molar-refractivity contribution in [3.63, 3.8) is 0 Å². The number of allylic oxidation sites excluding steroid dienone is 2. The summed E-state index contributed by atoms with van der Waals surface area (Å²) in [7, 11) is 0. The molecule has 0 spiro atoms. The molecule has 0 saturated heterocycles. The number of hydrogen-bond donors (Lipinski definition) is 1. The van der Waals surface area contributed by atoms with Crippen LogP contribution in [0.2, 0.25) is 0 Å². The molecule has 76 valence electrons. The molecular formula is C11H9NO3. The Labute approximate surface area is 86.5 Å². The van der Waals surface area contributed by atoms with Crippen molar-refractivity contribution in [3.05, 3.63) is 42.1 Å². The summed E-state index contributed by atoms with van der Waals surface area (Å²) in [5.41, 5.74) is 0.598. The standard InChI is InChI=1S/C11H9NO3/c13-9-6-8(7-9)12-11(14)15-10-4-2-1-3-5-10/h1-6H,7H2,(H,12,14). The van der Waals surface area contributed by atoms with E-state index in [4.69, 9.17) is 4.74 Å². The van der Waals surface area contributed by atoms with Gasteiger partial charge < -0.3 is 4.74 Å². The highest BCUT2D eigenvalue weighted by atomic mass is 16.6. The monoisotopic (exact) mass is 203 g/mol. The molecule has 1 aliphatic carbocycles. The predicted molar refractivity (Wildman–Crippen MR) is 53.3 cm³/mol. The van der Waals surface area contributed by atoms with Crippen molar-refractivity contribution in [1.82, 2.24) is 5.32 Å². The second-order valence-electron chi connectivity index (χ2n) is 3.14. The van der Waals surface area contributed by atoms with Gasteiger partial charge in [0, 0.05) is 11.8 Å². The van der Waals surface area contributed by atoms with Crippen LogP contribution < -0.4 is 10.1 Å². The van der Waals surface area contributed by atoms with Gasteiger partial charge in [0.25, 0.3) is 0 Å². The zero-order valence-corrected chi connectivity index (χ0v) is 7.90. The average Bonchev–Trinajstić information content (AvgIpc) is 2.17. The Hall–Kier alpha value is -2.10. The van der Waals surface area contributed by atoms with Gasteiger partial charge in [0.2, 0.25) is 0 Å². The number of ether oxygens (including phenoxy) is 1. The Kier molecular flexibility index (Phi) is 2.49. The summed E-state index contributed by atoms with van der Waals surface area (Å²) >= 11 is 0. The lowest BCUT2D eigenvalue weighted by Crippen LogP contribution is -2.31. The normalized spacial score (nSPS) is 13.9. The van der Waals surface area contributed by atoms with E-state index in [-0.39, 0.29) is 12.2 Å². The van der Waals surface area contributed by atoms with Gasteiger partial charge in [-0.05, 0) is 12.1 Å². The zero-order chi connectivity index (χ0) is 10.7. The molecule has 0 bridgehead atoms. The summed E-state index contributed by atoms with van der Waals surface area (Å²) in [6.45, 7) is 0. The van der Waals surface area contributed by atoms with Crippen molar-refractivity contribution in [3.8, 4) is 5.75 Å². The topological polar surface area (TPSA) is 55.4 Å². The molecule has 1 aromatic carbocycles. The summed E-state index contributed by atoms with van der Waals surface area (Å²) in [5, 5.41) is 2.47. The van der Waals surface area contributed by atoms with E-state index in [1.165, 1.54) is 6.08 Å². The third-order valence-corrected chi connectivity index (χ3v) is 1.92. The number of amides is 1. The fraction of sp³-hybridized carbons (Fsp3) is 0.0909. The van der Waals surface area contributed by atoms with Crippen LogP contribution in [0.5, 0.6) is 5.75 Å². The van der Waals surface area contributed by atoms with Gasteiger partial charge in [0.15, 0.2) is 5.78 Å². The lowest BCUT2D eigenvalue weighted by Gasteiger charge is -2.14. The number of carbonyl (C=O) groups is 2. The number of rotatable bonds is 2. The van der Waals surface area contributed by atoms with Crippen LogP contribution in [0.15, 0.2) is 42.1 Å². The van der Waals surface area contributed by atoms with Gasteiger partial charge in [-0.25, -0.2) is 4.79 Å². The molecule has 0 atom stereocenters. The van der Waals surface area contributed by atoms with Crippen molar-refractivity contribution in [2.75, 3.05) is 0 Å². The highest BCUT2D eigenvalue weighted by molar-refractivity contribution is 5.99. The number of ketones is 1. The van der Waals surface area contributed by atoms with E-state index in [0.717, 1.165) is 0 Å². The molecular weight excluding hydrogens is 194 g/mol. The Morgan fingerprint density at radius 2 is 1.93 bits per heavy atom. The van der Waals surface area contributed by atoms with E-state index in [1.807, 2.05) is 6.07 Å². The number of carbonyl (C=O) groups excluding carboxylic acids is 2. The maximum Gasteiger partial charge on any atom is 0.416 e. The Morgan fingerprint density at radius 3 is 2.53 bits per heavy atom. The smallest absolute Gasteiger partial charge is 0.410 e. The van der Waals surface area contributed by atoms with Crippen molar-refractivity contribution in [1.29, 1.82) is 0 Å². The molecule has 0 fully saturated rings. The summed E-state index contributed by atoms with van der Waals surface area (Å²) in [5.74, 6) is 0.492. The quantitative estimate of drug-likeness (QED) is 0.794. The highest BCUT2D eigenvalue weighted by Crippen LogP contribution is 2.12. The maximum atomic E-state index is 11.2. The first kappa shape index (κ1) is 9.45. The Balaban J connectivity index is 1.88. The minimum atomic E-state index is -0.569. The molecule has 4 nitrogen and oxygen atoms in total. The predicted octanol–water partition coefficient (Wildman–Crippen LogP) is 1.63. The molecule has 1 aromatic rings. The van der Waals surface area contributed by atoms with Crippen molar-refractivity contribution in [2.24, 2.45) is 0 Å². The van der Waals surface area contributed by atoms with Crippen LogP contribution in [0.25, 0.3) is 0 Å². The molecule has 0 saturated carbocycles. The fourth-order valence-electron chi connectivity index (χ4n) is 1.19. The van der Waals surface area contributed by atoms with E-state index in [9.17, 15) is 9.59 Å². The number of benzene rings is 1. The van der Waals surface area contributed by atoms with Crippen LogP contribution in [-0.4, -0.2) is 11.9 Å². The molecule has 0 unspecified atom stereocenters. The minimum Gasteiger partial charge on any atom is -0.410 e. The van der Waals surface area contributed by atoms with Crippen LogP contribution in [0.3, 0.4) is 0 Å². The molecule has 0 radical (unpaired) electrons. The number of hydrogen-bond acceptors (Lipinski definition) is 3. The third-order valence-electron chi connectivity index (χ3n) is 1.92. The minimum absolute atomic E-state index is 0.0185. The first-order valence-electron chi connectivity index (χ1n) is 4.51. The molecule has 0 aromatic heterocycles. The lowest BCUT2D eigenvalue weighted by molar-refractivity contribution is -0.115. The lowest BCUT2D eigenvalue weighted by atomic mass is 10.1. The second-order valence-corrected chi connectivity index (χ2v) is 3.14. The third kappa shape index (κ3) is 2.43. The Morgan fingerprint density at radius 1 is 1.27 bits per heavy atom. The van der Waals surface area contributed by atoms with Gasteiger partial charge in [0.05, 0.1) is 6.42 Å². The van der Waals surface area contributed by atoms with Gasteiger partial charge in [-0.15, -0.1) is 0 Å². The average molecular weight is 203 g/mol. The van der Waals surface area contributed by atoms with Gasteiger partial charge in [-0.1, -0.05) is 18.2 Å². The molecule has 1 amide bonds. The summed E-state index contributed by atoms with van der Waals surface area (Å²) in [6.07, 6.45) is 1.09. The van der Waals surface area contributed by atoms with Crippen LogP contribution in [0, 0.1) is 0 Å². The van der Waals surface area contributed by atoms with Gasteiger partial charge in [-0.3, -0.25) is 10.1 Å². The van der Waals surface area contributed by atoms with Gasteiger partial charge in [-0.2, -0.15) is 0 Å². The van der Waals surface area contributed by atoms with Gasteiger partial charge in [0.1, 0.15) is 5.75 Å². The summed E-state index contributed by atoms with van der Waals surface area (Å²) in [6, 6.07) is 8.74. The van der Waals surface area contributed by atoms with Crippen molar-refractivity contribution < 1.29 is 14.3 Å². The molecule has 2 rings (SSSR count). The van der Waals surface area contributed by atoms with Crippen LogP contribution in [0.1, 0.15) is 6.42 Å². The van der Waals surface area contributed by atoms with E-state index in [2.05, 4.69) is 5.32 Å². The van der Waals surface area contributed by atoms with E-state index < -0.39 is 6.09 Å². The zero-order valence-electron chi connectivity index (χ0n) is 7.90. The SMILES string of the molecule is O=C1C=C(NC(=O)Oc2ccccc2)C1. The second kappa shape index (κ2) is 3.96. The molecule has 1 N–H and O–H groups in total. The molecule has 0 heterocycles.